The molecular formula is C28H31FN6O9S. The maximum Gasteiger partial charge on any atom is 0.413 e. The molecule has 1 aromatic carbocycles. The highest BCUT2D eigenvalue weighted by atomic mass is 32.2. The first-order chi connectivity index (χ1) is 21.0. The summed E-state index contributed by atoms with van der Waals surface area (Å²) in [6, 6.07) is 2.88. The highest BCUT2D eigenvalue weighted by molar-refractivity contribution is 7.88. The first-order valence-electron chi connectivity index (χ1n) is 13.7. The fraction of sp³-hybridized carbons (Fsp3) is 0.393. The highest BCUT2D eigenvalue weighted by Crippen LogP contribution is 2.42. The predicted molar refractivity (Wildman–Crippen MR) is 161 cm³/mol. The van der Waals surface area contributed by atoms with Gasteiger partial charge >= 0.3 is 18.3 Å². The zero-order chi connectivity index (χ0) is 32.8. The number of ether oxygens (including phenoxy) is 3. The van der Waals surface area contributed by atoms with Crippen molar-refractivity contribution in [2.75, 3.05) is 48.0 Å². The predicted octanol–water partition coefficient (Wildman–Crippen LogP) is 4.16. The van der Waals surface area contributed by atoms with Crippen LogP contribution in [-0.4, -0.2) is 90.3 Å². The van der Waals surface area contributed by atoms with Crippen molar-refractivity contribution in [3.8, 4) is 17.0 Å². The van der Waals surface area contributed by atoms with Crippen LogP contribution in [0.25, 0.3) is 21.9 Å². The molecular weight excluding hydrogens is 615 g/mol. The molecule has 0 bridgehead atoms. The van der Waals surface area contributed by atoms with Crippen LogP contribution in [0.5, 0.6) is 5.88 Å². The Morgan fingerprint density at radius 3 is 2.44 bits per heavy atom. The van der Waals surface area contributed by atoms with Crippen molar-refractivity contribution in [2.24, 2.45) is 0 Å². The normalized spacial score (nSPS) is 15.5. The van der Waals surface area contributed by atoms with Crippen molar-refractivity contribution in [1.82, 2.24) is 14.3 Å². The van der Waals surface area contributed by atoms with E-state index >= 15 is 4.39 Å². The molecule has 0 spiro atoms. The molecule has 5 rings (SSSR count). The molecule has 0 radical (unpaired) electrons. The van der Waals surface area contributed by atoms with Gasteiger partial charge in [0.05, 0.1) is 31.6 Å². The van der Waals surface area contributed by atoms with Gasteiger partial charge in [0, 0.05) is 28.9 Å². The summed E-state index contributed by atoms with van der Waals surface area (Å²) >= 11 is 0. The van der Waals surface area contributed by atoms with Gasteiger partial charge in [0.15, 0.2) is 5.82 Å². The number of hydrogen-bond donors (Lipinski definition) is 3. The number of carbonyl (C=O) groups is 3. The van der Waals surface area contributed by atoms with Gasteiger partial charge in [-0.25, -0.2) is 37.2 Å². The molecule has 0 atom stereocenters. The summed E-state index contributed by atoms with van der Waals surface area (Å²) in [5.41, 5.74) is -0.435. The number of carboxylic acid groups (broad SMARTS) is 1. The number of rotatable bonds is 5. The first-order valence-corrected chi connectivity index (χ1v) is 15.5. The van der Waals surface area contributed by atoms with E-state index in [1.165, 1.54) is 24.5 Å². The van der Waals surface area contributed by atoms with E-state index in [4.69, 9.17) is 14.2 Å². The number of amides is 3. The molecule has 1 saturated heterocycles. The molecule has 1 fully saturated rings. The number of hydrogen-bond acceptors (Lipinski definition) is 10. The Morgan fingerprint density at radius 1 is 1.09 bits per heavy atom. The number of nitrogens with zero attached hydrogens (tertiary/aromatic N) is 4. The Morgan fingerprint density at radius 2 is 1.80 bits per heavy atom. The van der Waals surface area contributed by atoms with E-state index in [1.807, 2.05) is 0 Å². The molecule has 2 aliphatic heterocycles. The zero-order valence-corrected chi connectivity index (χ0v) is 25.8. The van der Waals surface area contributed by atoms with Gasteiger partial charge in [0.1, 0.15) is 29.8 Å². The van der Waals surface area contributed by atoms with E-state index in [2.05, 4.69) is 20.6 Å². The number of halogens is 1. The largest absolute Gasteiger partial charge is 0.474 e. The average Bonchev–Trinajstić information content (AvgIpc) is 2.90. The van der Waals surface area contributed by atoms with Gasteiger partial charge in [-0.2, -0.15) is 4.31 Å². The van der Waals surface area contributed by atoms with Gasteiger partial charge in [-0.1, -0.05) is 0 Å². The van der Waals surface area contributed by atoms with Crippen LogP contribution in [0.3, 0.4) is 0 Å². The number of sulfonamides is 1. The number of benzene rings is 1. The minimum absolute atomic E-state index is 0.0260. The topological polar surface area (TPSA) is 190 Å². The summed E-state index contributed by atoms with van der Waals surface area (Å²) in [6.07, 6.45) is -0.0260. The Kier molecular flexibility index (Phi) is 8.18. The maximum absolute atomic E-state index is 16.3. The lowest BCUT2D eigenvalue weighted by atomic mass is 9.96. The molecule has 3 N–H and O–H groups in total. The number of carbonyl (C=O) groups excluding carboxylic acids is 2. The van der Waals surface area contributed by atoms with Crippen molar-refractivity contribution in [3.63, 3.8) is 0 Å². The van der Waals surface area contributed by atoms with Crippen molar-refractivity contribution in [3.05, 3.63) is 35.9 Å². The van der Waals surface area contributed by atoms with E-state index in [1.54, 1.807) is 27.7 Å². The van der Waals surface area contributed by atoms with E-state index in [0.717, 1.165) is 15.5 Å². The lowest BCUT2D eigenvalue weighted by Crippen LogP contribution is -2.55. The van der Waals surface area contributed by atoms with E-state index < -0.39 is 45.8 Å². The SMILES string of the molecule is Cc1c(-c2cc3cc(NC(=O)OC4CN(S(C)(=O)=O)C4)ncc3c(NC(=O)OC(C)(C)C)c2F)cnc2c1N(C(=O)O)CCO2. The molecule has 0 saturated carbocycles. The maximum atomic E-state index is 16.3. The van der Waals surface area contributed by atoms with Crippen LogP contribution in [0.4, 0.5) is 36.0 Å². The van der Waals surface area contributed by atoms with Gasteiger partial charge in [0.25, 0.3) is 0 Å². The van der Waals surface area contributed by atoms with Crippen LogP contribution in [0.2, 0.25) is 0 Å². The monoisotopic (exact) mass is 646 g/mol. The third-order valence-electron chi connectivity index (χ3n) is 6.99. The summed E-state index contributed by atoms with van der Waals surface area (Å²) in [4.78, 5) is 46.7. The number of nitrogens with one attached hydrogen (secondary N) is 2. The molecule has 45 heavy (non-hydrogen) atoms. The first kappa shape index (κ1) is 31.6. The Hall–Kier alpha value is -4.77. The minimum atomic E-state index is -3.39. The summed E-state index contributed by atoms with van der Waals surface area (Å²) in [7, 11) is -3.39. The van der Waals surface area contributed by atoms with Crippen LogP contribution in [0.15, 0.2) is 24.5 Å². The molecule has 240 valence electrons. The lowest BCUT2D eigenvalue weighted by molar-refractivity contribution is 0.0349. The number of anilines is 3. The molecule has 3 aromatic rings. The number of aromatic nitrogens is 2. The van der Waals surface area contributed by atoms with Crippen LogP contribution < -0.4 is 20.3 Å². The molecule has 4 heterocycles. The van der Waals surface area contributed by atoms with E-state index in [9.17, 15) is 27.9 Å². The molecule has 2 aliphatic rings. The summed E-state index contributed by atoms with van der Waals surface area (Å²) < 4.78 is 56.8. The van der Waals surface area contributed by atoms with Crippen LogP contribution in [0, 0.1) is 12.7 Å². The van der Waals surface area contributed by atoms with Gasteiger partial charge in [-0.15, -0.1) is 0 Å². The average molecular weight is 647 g/mol. The second-order valence-corrected chi connectivity index (χ2v) is 13.5. The molecule has 17 heteroatoms. The third-order valence-corrected chi connectivity index (χ3v) is 8.23. The standard InChI is InChI=1S/C28H31FN6O9S/c1-14-18(10-31-24-23(14)35(27(38)39)6-7-42-24)17-8-15-9-20(32-25(36)43-16-12-34(13-16)45(5,40)41)30-11-19(15)22(21(17)29)33-26(37)44-28(2,3)4/h8-11,16H,6-7,12-13H2,1-5H3,(H,33,37)(H,38,39)(H,30,32,36). The van der Waals surface area contributed by atoms with Crippen molar-refractivity contribution < 1.29 is 46.5 Å². The number of fused-ring (bicyclic) bond motifs is 2. The Bertz CT molecular complexity index is 1820. The fourth-order valence-corrected chi connectivity index (χ4v) is 5.77. The molecule has 3 amide bonds. The van der Waals surface area contributed by atoms with Gasteiger partial charge in [-0.05, 0) is 50.8 Å². The highest BCUT2D eigenvalue weighted by Gasteiger charge is 2.36. The molecule has 15 nitrogen and oxygen atoms in total. The van der Waals surface area contributed by atoms with Crippen molar-refractivity contribution in [2.45, 2.75) is 39.4 Å². The quantitative estimate of drug-likeness (QED) is 0.361. The van der Waals surface area contributed by atoms with Crippen LogP contribution >= 0.6 is 0 Å². The van der Waals surface area contributed by atoms with Crippen molar-refractivity contribution >= 4 is 56.3 Å². The van der Waals surface area contributed by atoms with Crippen molar-refractivity contribution in [1.29, 1.82) is 0 Å². The van der Waals surface area contributed by atoms with Gasteiger partial charge in [0.2, 0.25) is 15.9 Å². The van der Waals surface area contributed by atoms with Gasteiger partial charge in [-0.3, -0.25) is 15.5 Å². The molecule has 0 aliphatic carbocycles. The van der Waals surface area contributed by atoms with Crippen LogP contribution in [0.1, 0.15) is 26.3 Å². The van der Waals surface area contributed by atoms with Crippen LogP contribution in [-0.2, 0) is 19.5 Å². The minimum Gasteiger partial charge on any atom is -0.474 e. The van der Waals surface area contributed by atoms with E-state index in [-0.39, 0.29) is 65.8 Å². The summed E-state index contributed by atoms with van der Waals surface area (Å²) in [5, 5.41) is 15.2. The smallest absolute Gasteiger partial charge is 0.413 e. The lowest BCUT2D eigenvalue weighted by Gasteiger charge is -2.36. The summed E-state index contributed by atoms with van der Waals surface area (Å²) in [6.45, 7) is 6.75. The Balaban J connectivity index is 1.54. The number of pyridine rings is 2. The summed E-state index contributed by atoms with van der Waals surface area (Å²) in [5.74, 6) is -0.754. The fourth-order valence-electron chi connectivity index (χ4n) is 4.90. The zero-order valence-electron chi connectivity index (χ0n) is 25.0. The second kappa shape index (κ2) is 11.6. The molecule has 0 unspecified atom stereocenters. The van der Waals surface area contributed by atoms with Gasteiger partial charge < -0.3 is 19.3 Å². The Labute approximate surface area is 257 Å². The van der Waals surface area contributed by atoms with E-state index in [0.29, 0.717) is 10.9 Å². The second-order valence-electron chi connectivity index (χ2n) is 11.5. The third kappa shape index (κ3) is 6.68. The molecule has 2 aromatic heterocycles.